The molecule has 8 aliphatic heterocycles. The lowest BCUT2D eigenvalue weighted by Gasteiger charge is -2.51. The summed E-state index contributed by atoms with van der Waals surface area (Å²) in [5.41, 5.74) is 0. The standard InChI is InChI=1S/C59H99N3O42/c1-16-21(74)6-59(90-15-70,103-46(16)33(76)22(75)7-63)104-51-36(79)25(10-66)93-57(45(51)88)100-49-28(13-69)96-54(32(40(49)83)62-20(5)73)102-52-42(85)35(78)24(9-65)94-58(52)89-14-29-37(80)50(101-55-43(86)41(84)34(77)23(8-64)92-55)44(87)56(97-29)99-48-27(12-68)95-53(31(39(48)82)61-19(4)72)98-47-26(11-67)91-17(2)30(38(47)81)60-18(3)71/h15-17,21-58,63-69,74-88H,6-14H2,1-5H3,(H,60,71)(H,61,72)(H,62,73)/t16-,17+,21-,22-,23?,24?,25?,26?,27?,28+,29?,30?,31?,32?,33-,34-,35-,36+,37-,38-,39-,40?,41?,42+,43?,44?,45?,46?,47-,48-,49-,50+,51+,52?,53+,54+,55-,56+,57+,58+,59+/m1/s1. The molecule has 0 aromatic rings. The summed E-state index contributed by atoms with van der Waals surface area (Å²) < 4.78 is 94.0. The Morgan fingerprint density at radius 2 is 0.817 bits per heavy atom. The topological polar surface area (TPSA) is 697 Å². The molecular formula is C59H99N3O42. The molecule has 8 heterocycles. The normalized spacial score (nSPS) is 47.9. The monoisotopic (exact) mass is 1520 g/mol. The van der Waals surface area contributed by atoms with E-state index in [0.29, 0.717) is 0 Å². The summed E-state index contributed by atoms with van der Waals surface area (Å²) in [5.74, 6) is -6.32. The predicted octanol–water partition coefficient (Wildman–Crippen LogP) is -16.4. The van der Waals surface area contributed by atoms with Gasteiger partial charge in [0.25, 0.3) is 6.47 Å². The lowest BCUT2D eigenvalue weighted by atomic mass is 9.87. The second-order valence-corrected chi connectivity index (χ2v) is 26.6. The Labute approximate surface area is 590 Å². The Balaban J connectivity index is 1.06. The number of nitrogens with one attached hydrogen (secondary N) is 3. The number of carbonyl (C=O) groups is 4. The van der Waals surface area contributed by atoms with Crippen molar-refractivity contribution in [2.45, 2.75) is 286 Å². The summed E-state index contributed by atoms with van der Waals surface area (Å²) in [6, 6.07) is -4.89. The van der Waals surface area contributed by atoms with Gasteiger partial charge in [0.1, 0.15) is 177 Å². The van der Waals surface area contributed by atoms with Crippen LogP contribution in [0.4, 0.5) is 0 Å². The highest BCUT2D eigenvalue weighted by atomic mass is 16.9. The molecule has 0 bridgehead atoms. The summed E-state index contributed by atoms with van der Waals surface area (Å²) in [7, 11) is 0. The maximum Gasteiger partial charge on any atom is 0.332 e. The molecule has 3 amide bonds. The fourth-order valence-corrected chi connectivity index (χ4v) is 13.7. The van der Waals surface area contributed by atoms with Gasteiger partial charge in [-0.3, -0.25) is 19.2 Å². The van der Waals surface area contributed by atoms with Gasteiger partial charge in [0, 0.05) is 26.7 Å². The minimum absolute atomic E-state index is 0.231. The van der Waals surface area contributed by atoms with E-state index >= 15 is 0 Å². The van der Waals surface area contributed by atoms with Gasteiger partial charge in [0.15, 0.2) is 37.7 Å². The van der Waals surface area contributed by atoms with Gasteiger partial charge in [0.2, 0.25) is 17.7 Å². The number of carbonyl (C=O) groups excluding carboxylic acids is 4. The maximum absolute atomic E-state index is 13.0. The third-order valence-electron chi connectivity index (χ3n) is 19.3. The van der Waals surface area contributed by atoms with Crippen molar-refractivity contribution >= 4 is 24.2 Å². The molecule has 8 rings (SSSR count). The number of aliphatic hydroxyl groups excluding tert-OH is 22. The van der Waals surface area contributed by atoms with Crippen molar-refractivity contribution in [3.8, 4) is 0 Å². The Bertz CT molecular complexity index is 2710. The van der Waals surface area contributed by atoms with Crippen molar-refractivity contribution in [1.82, 2.24) is 16.0 Å². The smallest absolute Gasteiger partial charge is 0.332 e. The fourth-order valence-electron chi connectivity index (χ4n) is 13.7. The van der Waals surface area contributed by atoms with Crippen molar-refractivity contribution < 1.29 is 207 Å². The number of amides is 3. The molecule has 0 aromatic heterocycles. The zero-order valence-electron chi connectivity index (χ0n) is 56.5. The molecule has 602 valence electrons. The second-order valence-electron chi connectivity index (χ2n) is 26.6. The second kappa shape index (κ2) is 37.4. The van der Waals surface area contributed by atoms with E-state index in [1.165, 1.54) is 13.8 Å². The molecule has 16 unspecified atom stereocenters. The van der Waals surface area contributed by atoms with Crippen LogP contribution in [0.25, 0.3) is 0 Å². The predicted molar refractivity (Wildman–Crippen MR) is 323 cm³/mol. The van der Waals surface area contributed by atoms with E-state index < -0.39 is 328 Å². The van der Waals surface area contributed by atoms with Crippen LogP contribution in [-0.4, -0.2) is 434 Å². The molecule has 8 fully saturated rings. The van der Waals surface area contributed by atoms with E-state index in [2.05, 4.69) is 16.0 Å². The zero-order chi connectivity index (χ0) is 76.8. The SMILES string of the molecule is CC(=O)NC1C(O)[C@H](O[C@@H]2OC(CO)[C@H](O)[C@H](O[C@]3(OC=O)C[C@@H](O)[C@@H](C)C([C@H](O)[C@H](O)CO)O3)C2O)[C@H](CO)O[C@H]1OC1[C@@H](OCC2O[C@@H](O[C@@H]3C(CO)O[C@@H](O[C@@H]4C(CO)O[C@@H](C)C(NC(C)=O)[C@H]4O)C(NC(C)=O)[C@H]3O)C(O)[C@@H](O[C@H]3OC(CO)[C@@H](O)C(O)C3O)[C@@H]2O)OC(CO)[C@@H](O)[C@@H]1O. The highest BCUT2D eigenvalue weighted by Crippen LogP contribution is 2.42. The average molecular weight is 1520 g/mol. The molecule has 8 aliphatic rings. The molecule has 41 atom stereocenters. The number of hydrogen-bond acceptors (Lipinski definition) is 42. The summed E-state index contributed by atoms with van der Waals surface area (Å²) in [5, 5.41) is 251. The van der Waals surface area contributed by atoms with Gasteiger partial charge in [-0.05, 0) is 6.92 Å². The first-order valence-corrected chi connectivity index (χ1v) is 33.4. The van der Waals surface area contributed by atoms with Crippen LogP contribution in [0.2, 0.25) is 0 Å². The van der Waals surface area contributed by atoms with E-state index in [1.807, 2.05) is 0 Å². The van der Waals surface area contributed by atoms with Gasteiger partial charge in [-0.25, -0.2) is 0 Å². The third-order valence-corrected chi connectivity index (χ3v) is 19.3. The van der Waals surface area contributed by atoms with E-state index in [0.717, 1.165) is 20.8 Å². The largest absolute Gasteiger partial charge is 0.410 e. The van der Waals surface area contributed by atoms with E-state index in [-0.39, 0.29) is 6.47 Å². The molecule has 45 heteroatoms. The molecule has 0 aromatic carbocycles. The van der Waals surface area contributed by atoms with Gasteiger partial charge in [-0.2, -0.15) is 0 Å². The molecular weight excluding hydrogens is 1420 g/mol. The molecule has 25 N–H and O–H groups in total. The van der Waals surface area contributed by atoms with Crippen molar-refractivity contribution in [3.05, 3.63) is 0 Å². The highest BCUT2D eigenvalue weighted by Gasteiger charge is 2.61. The lowest BCUT2D eigenvalue weighted by Crippen LogP contribution is -2.70. The molecule has 0 saturated carbocycles. The zero-order valence-corrected chi connectivity index (χ0v) is 56.5. The van der Waals surface area contributed by atoms with Crippen LogP contribution >= 0.6 is 0 Å². The summed E-state index contributed by atoms with van der Waals surface area (Å²) in [6.07, 6.45) is -72.0. The Hall–Kier alpha value is -3.60. The Morgan fingerprint density at radius 1 is 0.433 bits per heavy atom. The van der Waals surface area contributed by atoms with Crippen LogP contribution < -0.4 is 16.0 Å². The summed E-state index contributed by atoms with van der Waals surface area (Å²) >= 11 is 0. The van der Waals surface area contributed by atoms with Crippen LogP contribution in [0, 0.1) is 5.92 Å². The van der Waals surface area contributed by atoms with Gasteiger partial charge in [-0.1, -0.05) is 6.92 Å². The first-order valence-electron chi connectivity index (χ1n) is 33.4. The Morgan fingerprint density at radius 3 is 1.30 bits per heavy atom. The van der Waals surface area contributed by atoms with E-state index in [9.17, 15) is 132 Å². The number of aliphatic hydroxyl groups is 22. The number of ether oxygens (including phenoxy) is 16. The fraction of sp³-hybridized carbons (Fsp3) is 0.932. The van der Waals surface area contributed by atoms with Gasteiger partial charge in [-0.15, -0.1) is 0 Å². The molecule has 0 spiro atoms. The van der Waals surface area contributed by atoms with Gasteiger partial charge < -0.3 is 204 Å². The minimum atomic E-state index is -2.83. The maximum atomic E-state index is 13.0. The van der Waals surface area contributed by atoms with Gasteiger partial charge >= 0.3 is 5.97 Å². The van der Waals surface area contributed by atoms with Crippen LogP contribution in [0.15, 0.2) is 0 Å². The number of rotatable bonds is 29. The van der Waals surface area contributed by atoms with Crippen LogP contribution in [0.3, 0.4) is 0 Å². The molecule has 45 nitrogen and oxygen atoms in total. The minimum Gasteiger partial charge on any atom is -0.410 e. The van der Waals surface area contributed by atoms with Crippen molar-refractivity contribution in [2.24, 2.45) is 5.92 Å². The van der Waals surface area contributed by atoms with Crippen LogP contribution in [0.1, 0.15) is 41.0 Å². The number of hydrogen-bond donors (Lipinski definition) is 25. The quantitative estimate of drug-likeness (QED) is 0.0244. The van der Waals surface area contributed by atoms with Crippen molar-refractivity contribution in [1.29, 1.82) is 0 Å². The summed E-state index contributed by atoms with van der Waals surface area (Å²) in [4.78, 5) is 49.9. The molecule has 0 radical (unpaired) electrons. The third kappa shape index (κ3) is 18.9. The van der Waals surface area contributed by atoms with Crippen LogP contribution in [-0.2, 0) is 95.0 Å². The Kier molecular flexibility index (Phi) is 30.9. The van der Waals surface area contributed by atoms with Crippen molar-refractivity contribution in [2.75, 3.05) is 52.9 Å². The van der Waals surface area contributed by atoms with E-state index in [4.69, 9.17) is 75.8 Å². The summed E-state index contributed by atoms with van der Waals surface area (Å²) in [6.45, 7) is -2.68. The van der Waals surface area contributed by atoms with Crippen molar-refractivity contribution in [3.63, 3.8) is 0 Å². The first-order chi connectivity index (χ1) is 49.2. The highest BCUT2D eigenvalue weighted by molar-refractivity contribution is 5.74. The van der Waals surface area contributed by atoms with Gasteiger partial charge in [0.05, 0.1) is 83.6 Å². The molecule has 104 heavy (non-hydrogen) atoms. The molecule has 8 saturated heterocycles. The molecule has 0 aliphatic carbocycles. The van der Waals surface area contributed by atoms with E-state index in [1.54, 1.807) is 0 Å². The first kappa shape index (κ1) is 86.0. The lowest BCUT2D eigenvalue weighted by molar-refractivity contribution is -0.448. The van der Waals surface area contributed by atoms with Crippen LogP contribution in [0.5, 0.6) is 0 Å². The average Bonchev–Trinajstić information content (AvgIpc) is 0.762.